The van der Waals surface area contributed by atoms with Crippen molar-refractivity contribution < 1.29 is 17.6 Å². The highest BCUT2D eigenvalue weighted by atomic mass is 32.2. The predicted octanol–water partition coefficient (Wildman–Crippen LogP) is 5.62. The number of halogens is 1. The van der Waals surface area contributed by atoms with Crippen LogP contribution in [0.1, 0.15) is 59.3 Å². The Hall–Kier alpha value is -3.95. The molecule has 1 aromatic heterocycles. The van der Waals surface area contributed by atoms with Crippen molar-refractivity contribution >= 4 is 21.6 Å². The van der Waals surface area contributed by atoms with Crippen molar-refractivity contribution in [2.24, 2.45) is 5.92 Å². The fraction of sp³-hybridized carbons (Fsp3) is 0.281. The van der Waals surface area contributed by atoms with E-state index in [9.17, 15) is 17.6 Å². The van der Waals surface area contributed by atoms with E-state index in [0.717, 1.165) is 53.6 Å². The first-order valence-electron chi connectivity index (χ1n) is 13.8. The third-order valence-electron chi connectivity index (χ3n) is 7.95. The van der Waals surface area contributed by atoms with Crippen LogP contribution in [0, 0.1) is 18.7 Å². The largest absolute Gasteiger partial charge is 0.308 e. The lowest BCUT2D eigenvalue weighted by Crippen LogP contribution is -2.34. The second-order valence-corrected chi connectivity index (χ2v) is 12.5. The van der Waals surface area contributed by atoms with E-state index in [1.165, 1.54) is 12.1 Å². The lowest BCUT2D eigenvalue weighted by atomic mass is 9.87. The van der Waals surface area contributed by atoms with Gasteiger partial charge in [0, 0.05) is 35.6 Å². The molecule has 1 amide bonds. The number of sulfonamides is 1. The van der Waals surface area contributed by atoms with Crippen LogP contribution in [0.2, 0.25) is 0 Å². The van der Waals surface area contributed by atoms with Crippen LogP contribution >= 0.6 is 0 Å². The summed E-state index contributed by atoms with van der Waals surface area (Å²) in [5.74, 6) is 0.230. The highest BCUT2D eigenvalue weighted by Crippen LogP contribution is 2.49. The van der Waals surface area contributed by atoms with Gasteiger partial charge in [0.25, 0.3) is 0 Å². The molecule has 6 rings (SSSR count). The van der Waals surface area contributed by atoms with Gasteiger partial charge in [0.05, 0.1) is 11.4 Å². The number of fused-ring (bicyclic) bond motifs is 1. The number of nitrogens with one attached hydrogen (secondary N) is 1. The average molecular weight is 571 g/mol. The van der Waals surface area contributed by atoms with Crippen molar-refractivity contribution in [3.05, 3.63) is 119 Å². The number of rotatable bonds is 8. The summed E-state index contributed by atoms with van der Waals surface area (Å²) in [6.45, 7) is 2.12. The van der Waals surface area contributed by atoms with Crippen LogP contribution in [-0.4, -0.2) is 24.3 Å². The summed E-state index contributed by atoms with van der Waals surface area (Å²) in [4.78, 5) is 24.4. The Morgan fingerprint density at radius 3 is 2.49 bits per heavy atom. The molecule has 0 bridgehead atoms. The van der Waals surface area contributed by atoms with Crippen LogP contribution in [0.3, 0.4) is 0 Å². The summed E-state index contributed by atoms with van der Waals surface area (Å²) < 4.78 is 42.6. The van der Waals surface area contributed by atoms with Crippen LogP contribution in [0.5, 0.6) is 0 Å². The van der Waals surface area contributed by atoms with E-state index in [2.05, 4.69) is 26.8 Å². The fourth-order valence-electron chi connectivity index (χ4n) is 5.66. The number of amides is 1. The Balaban J connectivity index is 1.31. The monoisotopic (exact) mass is 570 g/mol. The first-order chi connectivity index (χ1) is 19.8. The molecule has 3 aromatic carbocycles. The second kappa shape index (κ2) is 11.1. The van der Waals surface area contributed by atoms with E-state index in [1.807, 2.05) is 43.3 Å². The molecule has 210 valence electrons. The second-order valence-electron chi connectivity index (χ2n) is 10.8. The van der Waals surface area contributed by atoms with Crippen molar-refractivity contribution in [1.82, 2.24) is 14.7 Å². The topological polar surface area (TPSA) is 92.3 Å². The molecule has 41 heavy (non-hydrogen) atoms. The summed E-state index contributed by atoms with van der Waals surface area (Å²) in [5, 5.41) is 0. The normalized spacial score (nSPS) is 19.8. The Kier molecular flexibility index (Phi) is 7.40. The summed E-state index contributed by atoms with van der Waals surface area (Å²) in [5.41, 5.74) is 4.58. The molecular formula is C32H31FN4O3S. The predicted molar refractivity (Wildman–Crippen MR) is 154 cm³/mol. The molecule has 3 atom stereocenters. The third kappa shape index (κ3) is 5.92. The van der Waals surface area contributed by atoms with Crippen LogP contribution in [0.4, 0.5) is 10.1 Å². The zero-order chi connectivity index (χ0) is 28.6. The first kappa shape index (κ1) is 27.2. The maximum Gasteiger partial charge on any atom is 0.241 e. The number of hydrogen-bond donors (Lipinski definition) is 1. The maximum absolute atomic E-state index is 14.0. The Bertz CT molecular complexity index is 1660. The van der Waals surface area contributed by atoms with E-state index in [1.54, 1.807) is 17.3 Å². The molecule has 4 aromatic rings. The number of aryl methyl sites for hydroxylation is 2. The lowest BCUT2D eigenvalue weighted by Gasteiger charge is -2.29. The van der Waals surface area contributed by atoms with E-state index < -0.39 is 21.9 Å². The van der Waals surface area contributed by atoms with E-state index >= 15 is 0 Å². The number of hydrogen-bond acceptors (Lipinski definition) is 5. The summed E-state index contributed by atoms with van der Waals surface area (Å²) in [6, 6.07) is 20.3. The maximum atomic E-state index is 14.0. The molecule has 2 aliphatic rings. The molecule has 7 nitrogen and oxygen atoms in total. The zero-order valence-electron chi connectivity index (χ0n) is 22.7. The number of carbonyl (C=O) groups is 1. The molecule has 1 heterocycles. The summed E-state index contributed by atoms with van der Waals surface area (Å²) in [6.07, 6.45) is 6.53. The molecule has 0 radical (unpaired) electrons. The minimum Gasteiger partial charge on any atom is -0.308 e. The van der Waals surface area contributed by atoms with Gasteiger partial charge in [-0.25, -0.2) is 27.5 Å². The highest BCUT2D eigenvalue weighted by Gasteiger charge is 2.46. The van der Waals surface area contributed by atoms with E-state index in [4.69, 9.17) is 0 Å². The Labute approximate surface area is 239 Å². The minimum atomic E-state index is -3.88. The van der Waals surface area contributed by atoms with Gasteiger partial charge in [-0.05, 0) is 91.6 Å². The zero-order valence-corrected chi connectivity index (χ0v) is 23.5. The number of carbonyl (C=O) groups excluding carboxylic acids is 1. The van der Waals surface area contributed by atoms with Crippen molar-refractivity contribution in [1.29, 1.82) is 0 Å². The van der Waals surface area contributed by atoms with Gasteiger partial charge >= 0.3 is 0 Å². The molecule has 1 N–H and O–H groups in total. The van der Waals surface area contributed by atoms with Crippen LogP contribution in [0.15, 0.2) is 90.1 Å². The van der Waals surface area contributed by atoms with Gasteiger partial charge in [0.2, 0.25) is 15.9 Å². The van der Waals surface area contributed by atoms with Gasteiger partial charge < -0.3 is 4.90 Å². The number of nitrogens with zero attached hydrogens (tertiary/aromatic N) is 3. The Morgan fingerprint density at radius 2 is 1.76 bits per heavy atom. The minimum absolute atomic E-state index is 0.0130. The van der Waals surface area contributed by atoms with E-state index in [0.29, 0.717) is 24.5 Å². The highest BCUT2D eigenvalue weighted by molar-refractivity contribution is 7.89. The van der Waals surface area contributed by atoms with Gasteiger partial charge in [-0.2, -0.15) is 0 Å². The molecule has 0 spiro atoms. The Morgan fingerprint density at radius 1 is 1.02 bits per heavy atom. The average Bonchev–Trinajstić information content (AvgIpc) is 3.78. The molecule has 2 aliphatic carbocycles. The molecule has 1 fully saturated rings. The van der Waals surface area contributed by atoms with Gasteiger partial charge in [-0.1, -0.05) is 36.4 Å². The smallest absolute Gasteiger partial charge is 0.241 e. The van der Waals surface area contributed by atoms with Gasteiger partial charge in [-0.3, -0.25) is 4.79 Å². The van der Waals surface area contributed by atoms with Crippen molar-refractivity contribution in [2.45, 2.75) is 56.0 Å². The van der Waals surface area contributed by atoms with Crippen LogP contribution in [-0.2, 0) is 27.8 Å². The molecule has 9 heteroatoms. The molecule has 0 aliphatic heterocycles. The summed E-state index contributed by atoms with van der Waals surface area (Å²) in [7, 11) is -3.88. The molecule has 1 saturated carbocycles. The van der Waals surface area contributed by atoms with Crippen LogP contribution in [0.25, 0.3) is 0 Å². The third-order valence-corrected chi connectivity index (χ3v) is 9.44. The van der Waals surface area contributed by atoms with E-state index in [-0.39, 0.29) is 22.6 Å². The molecule has 3 unspecified atom stereocenters. The lowest BCUT2D eigenvalue weighted by molar-refractivity contribution is -0.120. The van der Waals surface area contributed by atoms with Crippen LogP contribution < -0.4 is 9.62 Å². The molecular weight excluding hydrogens is 539 g/mol. The number of aromatic nitrogens is 2. The van der Waals surface area contributed by atoms with Crippen molar-refractivity contribution in [3.63, 3.8) is 0 Å². The number of benzene rings is 3. The summed E-state index contributed by atoms with van der Waals surface area (Å²) >= 11 is 0. The van der Waals surface area contributed by atoms with Gasteiger partial charge in [0.15, 0.2) is 0 Å². The van der Waals surface area contributed by atoms with Crippen molar-refractivity contribution in [3.8, 4) is 0 Å². The van der Waals surface area contributed by atoms with Gasteiger partial charge in [-0.15, -0.1) is 0 Å². The number of anilines is 1. The van der Waals surface area contributed by atoms with Crippen molar-refractivity contribution in [2.75, 3.05) is 4.90 Å². The SMILES string of the molecule is Cc1ncc(CN(C(=O)C2CC2c2ccccc2)c2ccc3c(c2)C(NS(=O)(=O)c2ccc(F)cc2)CCC3)cn1. The molecule has 0 saturated heterocycles. The van der Waals surface area contributed by atoms with Gasteiger partial charge in [0.1, 0.15) is 11.6 Å². The quantitative estimate of drug-likeness (QED) is 0.297. The fourth-order valence-corrected chi connectivity index (χ4v) is 6.91. The first-order valence-corrected chi connectivity index (χ1v) is 15.3. The standard InChI is InChI=1S/C32H31FN4O3S/c1-21-34-18-22(19-35-21)20-37(32(38)30-17-28(30)23-6-3-2-4-7-23)26-13-10-24-8-5-9-31(29(24)16-26)36-41(39,40)27-14-11-25(33)12-15-27/h2-4,6-7,10-16,18-19,28,30-31,36H,5,8-9,17,20H2,1H3.